The fraction of sp³-hybridized carbons (Fsp3) is 0.154. The maximum Gasteiger partial charge on any atom is 0.247 e. The van der Waals surface area contributed by atoms with Crippen LogP contribution in [0, 0.1) is 0 Å². The van der Waals surface area contributed by atoms with Crippen molar-refractivity contribution in [2.24, 2.45) is 9.98 Å². The zero-order valence-electron chi connectivity index (χ0n) is 17.4. The average molecular weight is 409 g/mol. The number of carbonyl (C=O) groups excluding carboxylic acids is 1. The number of hydrogen-bond acceptors (Lipinski definition) is 4. The van der Waals surface area contributed by atoms with Gasteiger partial charge in [-0.1, -0.05) is 48.5 Å². The van der Waals surface area contributed by atoms with Gasteiger partial charge in [-0.3, -0.25) is 4.79 Å². The predicted molar refractivity (Wildman–Crippen MR) is 123 cm³/mol. The van der Waals surface area contributed by atoms with Gasteiger partial charge in [0, 0.05) is 24.7 Å². The minimum absolute atomic E-state index is 0.0239. The summed E-state index contributed by atoms with van der Waals surface area (Å²) in [5.74, 6) is 0.798. The summed E-state index contributed by atoms with van der Waals surface area (Å²) in [7, 11) is 1.63. The zero-order chi connectivity index (χ0) is 21.5. The lowest BCUT2D eigenvalue weighted by Gasteiger charge is -2.27. The van der Waals surface area contributed by atoms with E-state index < -0.39 is 0 Å². The summed E-state index contributed by atoms with van der Waals surface area (Å²) in [4.78, 5) is 23.3. The van der Waals surface area contributed by atoms with Crippen molar-refractivity contribution < 1.29 is 9.53 Å². The van der Waals surface area contributed by atoms with Crippen molar-refractivity contribution in [2.75, 3.05) is 13.7 Å². The molecule has 0 aliphatic carbocycles. The molecule has 4 rings (SSSR count). The van der Waals surface area contributed by atoms with Crippen molar-refractivity contribution >= 4 is 28.9 Å². The van der Waals surface area contributed by atoms with Gasteiger partial charge in [0.25, 0.3) is 0 Å². The molecule has 0 radical (unpaired) electrons. The first-order chi connectivity index (χ1) is 15.2. The normalized spacial score (nSPS) is 13.3. The van der Waals surface area contributed by atoms with Crippen LogP contribution in [0.25, 0.3) is 5.57 Å². The second-order valence-corrected chi connectivity index (χ2v) is 7.20. The van der Waals surface area contributed by atoms with Crippen LogP contribution in [0.15, 0.2) is 94.9 Å². The Hall–Kier alpha value is -3.95. The number of nitrogens with zero attached hydrogens (tertiary/aromatic N) is 3. The molecule has 1 heterocycles. The third kappa shape index (κ3) is 5.16. The first kappa shape index (κ1) is 20.3. The van der Waals surface area contributed by atoms with Crippen molar-refractivity contribution in [3.05, 3.63) is 96.1 Å². The predicted octanol–water partition coefficient (Wildman–Crippen LogP) is 5.65. The number of hydrogen-bond donors (Lipinski definition) is 0. The Morgan fingerprint density at radius 3 is 2.42 bits per heavy atom. The number of amides is 1. The topological polar surface area (TPSA) is 54.3 Å². The van der Waals surface area contributed by atoms with Crippen molar-refractivity contribution in [1.29, 1.82) is 0 Å². The number of benzene rings is 3. The number of carbonyl (C=O) groups is 1. The van der Waals surface area contributed by atoms with Crippen LogP contribution in [0.2, 0.25) is 0 Å². The molecule has 0 bridgehead atoms. The van der Waals surface area contributed by atoms with Crippen LogP contribution in [0.5, 0.6) is 5.75 Å². The molecular formula is C26H23N3O2. The summed E-state index contributed by atoms with van der Waals surface area (Å²) < 4.78 is 5.15. The van der Waals surface area contributed by atoms with Gasteiger partial charge in [-0.2, -0.15) is 9.98 Å². The van der Waals surface area contributed by atoms with Gasteiger partial charge >= 0.3 is 0 Å². The maximum atomic E-state index is 12.7. The number of methoxy groups -OCH3 is 1. The second kappa shape index (κ2) is 9.70. The summed E-state index contributed by atoms with van der Waals surface area (Å²) in [5, 5.41) is 0. The van der Waals surface area contributed by atoms with E-state index in [9.17, 15) is 4.79 Å². The van der Waals surface area contributed by atoms with Crippen LogP contribution in [-0.2, 0) is 11.3 Å². The molecule has 31 heavy (non-hydrogen) atoms. The van der Waals surface area contributed by atoms with E-state index in [1.165, 1.54) is 0 Å². The van der Waals surface area contributed by atoms with Crippen molar-refractivity contribution in [3.8, 4) is 5.75 Å². The Bertz CT molecular complexity index is 1140. The van der Waals surface area contributed by atoms with Gasteiger partial charge in [0.1, 0.15) is 11.8 Å². The lowest BCUT2D eigenvalue weighted by atomic mass is 9.97. The first-order valence-corrected chi connectivity index (χ1v) is 10.2. The molecule has 3 aromatic carbocycles. The molecule has 5 heteroatoms. The highest BCUT2D eigenvalue weighted by Crippen LogP contribution is 2.31. The largest absolute Gasteiger partial charge is 0.497 e. The highest BCUT2D eigenvalue weighted by Gasteiger charge is 2.20. The van der Waals surface area contributed by atoms with E-state index in [0.29, 0.717) is 13.1 Å². The van der Waals surface area contributed by atoms with Crippen LogP contribution in [0.3, 0.4) is 0 Å². The summed E-state index contributed by atoms with van der Waals surface area (Å²) in [5.41, 5.74) is 4.54. The van der Waals surface area contributed by atoms with E-state index in [1.807, 2.05) is 83.8 Å². The van der Waals surface area contributed by atoms with Crippen molar-refractivity contribution in [1.82, 2.24) is 4.90 Å². The first-order valence-electron chi connectivity index (χ1n) is 10.2. The number of ether oxygens (including phenoxy) is 1. The van der Waals surface area contributed by atoms with Gasteiger partial charge in [-0.15, -0.1) is 0 Å². The van der Waals surface area contributed by atoms with Crippen LogP contribution < -0.4 is 4.74 Å². The minimum atomic E-state index is 0.0239. The van der Waals surface area contributed by atoms with Crippen LogP contribution >= 0.6 is 0 Å². The SMILES string of the molecule is COc1ccc(N=C=Nc2ccccc2C2=CC(=O)N(Cc3ccccc3)CC2)cc1. The van der Waals surface area contributed by atoms with Crippen molar-refractivity contribution in [2.45, 2.75) is 13.0 Å². The smallest absolute Gasteiger partial charge is 0.247 e. The van der Waals surface area contributed by atoms with Crippen LogP contribution in [0.1, 0.15) is 17.5 Å². The van der Waals surface area contributed by atoms with Gasteiger partial charge in [0.15, 0.2) is 0 Å². The van der Waals surface area contributed by atoms with E-state index in [2.05, 4.69) is 16.0 Å². The van der Waals surface area contributed by atoms with Crippen LogP contribution in [0.4, 0.5) is 11.4 Å². The quantitative estimate of drug-likeness (QED) is 0.494. The standard InChI is InChI=1S/C26H23N3O2/c1-31-23-13-11-22(12-14-23)27-19-28-25-10-6-5-9-24(25)21-15-16-29(26(30)17-21)18-20-7-3-2-4-8-20/h2-14,17H,15-16,18H2,1H3. The van der Waals surface area contributed by atoms with E-state index in [4.69, 9.17) is 4.74 Å². The summed E-state index contributed by atoms with van der Waals surface area (Å²) in [6.07, 6.45) is 2.50. The molecule has 5 nitrogen and oxygen atoms in total. The monoisotopic (exact) mass is 409 g/mol. The molecule has 0 atom stereocenters. The van der Waals surface area contributed by atoms with Crippen molar-refractivity contribution in [3.63, 3.8) is 0 Å². The van der Waals surface area contributed by atoms with E-state index >= 15 is 0 Å². The second-order valence-electron chi connectivity index (χ2n) is 7.20. The van der Waals surface area contributed by atoms with Gasteiger partial charge in [-0.05, 0) is 47.9 Å². The molecule has 0 saturated carbocycles. The Balaban J connectivity index is 1.52. The minimum Gasteiger partial charge on any atom is -0.497 e. The van der Waals surface area contributed by atoms with Gasteiger partial charge in [-0.25, -0.2) is 0 Å². The Morgan fingerprint density at radius 1 is 0.935 bits per heavy atom. The zero-order valence-corrected chi connectivity index (χ0v) is 17.4. The fourth-order valence-electron chi connectivity index (χ4n) is 3.49. The van der Waals surface area contributed by atoms with Gasteiger partial charge in [0.2, 0.25) is 5.91 Å². The third-order valence-corrected chi connectivity index (χ3v) is 5.15. The summed E-state index contributed by atoms with van der Waals surface area (Å²) >= 11 is 0. The average Bonchev–Trinajstić information content (AvgIpc) is 2.82. The lowest BCUT2D eigenvalue weighted by molar-refractivity contribution is -0.126. The Kier molecular flexibility index (Phi) is 6.36. The third-order valence-electron chi connectivity index (χ3n) is 5.15. The number of rotatable bonds is 6. The molecular weight excluding hydrogens is 386 g/mol. The highest BCUT2D eigenvalue weighted by molar-refractivity contribution is 5.98. The molecule has 1 amide bonds. The number of para-hydroxylation sites is 1. The molecule has 0 N–H and O–H groups in total. The van der Waals surface area contributed by atoms with E-state index in [0.717, 1.165) is 40.2 Å². The molecule has 0 aromatic heterocycles. The Labute approximate surface area is 182 Å². The molecule has 0 saturated heterocycles. The fourth-order valence-corrected chi connectivity index (χ4v) is 3.49. The lowest BCUT2D eigenvalue weighted by Crippen LogP contribution is -2.33. The molecule has 0 spiro atoms. The molecule has 3 aromatic rings. The van der Waals surface area contributed by atoms with E-state index in [1.54, 1.807) is 13.2 Å². The summed E-state index contributed by atoms with van der Waals surface area (Å²) in [6.45, 7) is 1.30. The number of aliphatic imine (C=N–C) groups is 2. The highest BCUT2D eigenvalue weighted by atomic mass is 16.5. The molecule has 0 unspecified atom stereocenters. The maximum absolute atomic E-state index is 12.7. The van der Waals surface area contributed by atoms with Crippen LogP contribution in [-0.4, -0.2) is 30.5 Å². The van der Waals surface area contributed by atoms with Gasteiger partial charge < -0.3 is 9.64 Å². The Morgan fingerprint density at radius 2 is 1.68 bits per heavy atom. The molecule has 1 aliphatic heterocycles. The summed E-state index contributed by atoms with van der Waals surface area (Å²) in [6, 6.07) is 28.0. The van der Waals surface area contributed by atoms with Gasteiger partial charge in [0.05, 0.1) is 18.5 Å². The molecule has 1 aliphatic rings. The van der Waals surface area contributed by atoms with E-state index in [-0.39, 0.29) is 5.91 Å². The molecule has 0 fully saturated rings. The molecule has 154 valence electrons.